The smallest absolute Gasteiger partial charge is 0.306 e. The first-order valence-electron chi connectivity index (χ1n) is 6.81. The first-order chi connectivity index (χ1) is 9.08. The monoisotopic (exact) mass is 273 g/mol. The molecule has 0 aromatic carbocycles. The Kier molecular flexibility index (Phi) is 6.80. The maximum Gasteiger partial charge on any atom is 0.306 e. The molecule has 1 fully saturated rings. The molecule has 6 heteroatoms. The van der Waals surface area contributed by atoms with Crippen molar-refractivity contribution in [3.8, 4) is 0 Å². The third-order valence-electron chi connectivity index (χ3n) is 3.26. The number of carbonyl (C=O) groups is 2. The van der Waals surface area contributed by atoms with Crippen molar-refractivity contribution in [3.05, 3.63) is 0 Å². The molecular weight excluding hydrogens is 250 g/mol. The molecule has 0 saturated carbocycles. The summed E-state index contributed by atoms with van der Waals surface area (Å²) in [5, 5.41) is 11.5. The predicted molar refractivity (Wildman–Crippen MR) is 68.8 cm³/mol. The van der Waals surface area contributed by atoms with Gasteiger partial charge in [0.25, 0.3) is 0 Å². The molecule has 19 heavy (non-hydrogen) atoms. The molecule has 3 atom stereocenters. The van der Waals surface area contributed by atoms with Crippen LogP contribution in [0.5, 0.6) is 0 Å². The fraction of sp³-hybridized carbons (Fsp3) is 0.846. The van der Waals surface area contributed by atoms with E-state index in [1.54, 1.807) is 6.92 Å². The molecule has 1 saturated heterocycles. The van der Waals surface area contributed by atoms with Crippen molar-refractivity contribution in [1.82, 2.24) is 5.32 Å². The summed E-state index contributed by atoms with van der Waals surface area (Å²) in [6.07, 6.45) is 0.927. The van der Waals surface area contributed by atoms with Crippen molar-refractivity contribution in [2.24, 2.45) is 5.92 Å². The van der Waals surface area contributed by atoms with Gasteiger partial charge < -0.3 is 19.9 Å². The van der Waals surface area contributed by atoms with Gasteiger partial charge in [-0.2, -0.15) is 0 Å². The van der Waals surface area contributed by atoms with E-state index < -0.39 is 12.1 Å². The van der Waals surface area contributed by atoms with Gasteiger partial charge in [0, 0.05) is 19.8 Å². The third kappa shape index (κ3) is 5.16. The first kappa shape index (κ1) is 15.9. The summed E-state index contributed by atoms with van der Waals surface area (Å²) < 4.78 is 10.8. The first-order valence-corrected chi connectivity index (χ1v) is 6.81. The van der Waals surface area contributed by atoms with Crippen LogP contribution in [0.4, 0.5) is 0 Å². The van der Waals surface area contributed by atoms with Gasteiger partial charge in [0.15, 0.2) is 0 Å². The zero-order valence-corrected chi connectivity index (χ0v) is 11.6. The Morgan fingerprint density at radius 3 is 2.79 bits per heavy atom. The molecule has 0 radical (unpaired) electrons. The Morgan fingerprint density at radius 2 is 2.21 bits per heavy atom. The normalized spacial score (nSPS) is 24.1. The van der Waals surface area contributed by atoms with Crippen LogP contribution >= 0.6 is 0 Å². The summed E-state index contributed by atoms with van der Waals surface area (Å²) in [5.41, 5.74) is 0. The van der Waals surface area contributed by atoms with Crippen LogP contribution in [0.3, 0.4) is 0 Å². The highest BCUT2D eigenvalue weighted by atomic mass is 16.5. The summed E-state index contributed by atoms with van der Waals surface area (Å²) in [7, 11) is 0. The SMILES string of the molecule is CCOC(CNC(=O)C1CCOC1CC)CC(=O)O. The van der Waals surface area contributed by atoms with Gasteiger partial charge in [-0.1, -0.05) is 6.92 Å². The highest BCUT2D eigenvalue weighted by Gasteiger charge is 2.32. The van der Waals surface area contributed by atoms with E-state index in [9.17, 15) is 9.59 Å². The molecule has 1 aliphatic rings. The Labute approximate surface area is 113 Å². The number of ether oxygens (including phenoxy) is 2. The average Bonchev–Trinajstić information content (AvgIpc) is 2.83. The van der Waals surface area contributed by atoms with E-state index >= 15 is 0 Å². The Balaban J connectivity index is 2.40. The van der Waals surface area contributed by atoms with Gasteiger partial charge in [-0.25, -0.2) is 0 Å². The molecule has 6 nitrogen and oxygen atoms in total. The standard InChI is InChI=1S/C13H23NO5/c1-3-11-10(5-6-19-11)13(17)14-8-9(18-4-2)7-12(15)16/h9-11H,3-8H2,1-2H3,(H,14,17)(H,15,16). The van der Waals surface area contributed by atoms with E-state index in [4.69, 9.17) is 14.6 Å². The van der Waals surface area contributed by atoms with Gasteiger partial charge in [0.2, 0.25) is 5.91 Å². The molecule has 1 heterocycles. The second-order valence-electron chi connectivity index (χ2n) is 4.63. The van der Waals surface area contributed by atoms with E-state index in [1.807, 2.05) is 6.92 Å². The summed E-state index contributed by atoms with van der Waals surface area (Å²) in [5.74, 6) is -1.13. The average molecular weight is 273 g/mol. The van der Waals surface area contributed by atoms with Gasteiger partial charge in [0.05, 0.1) is 24.5 Å². The van der Waals surface area contributed by atoms with Crippen molar-refractivity contribution in [1.29, 1.82) is 0 Å². The van der Waals surface area contributed by atoms with E-state index in [1.165, 1.54) is 0 Å². The largest absolute Gasteiger partial charge is 0.481 e. The second-order valence-corrected chi connectivity index (χ2v) is 4.63. The van der Waals surface area contributed by atoms with E-state index in [0.29, 0.717) is 13.2 Å². The van der Waals surface area contributed by atoms with Crippen LogP contribution in [0.2, 0.25) is 0 Å². The maximum absolute atomic E-state index is 12.0. The molecule has 1 aliphatic heterocycles. The van der Waals surface area contributed by atoms with Crippen molar-refractivity contribution < 1.29 is 24.2 Å². The summed E-state index contributed by atoms with van der Waals surface area (Å²) in [6, 6.07) is 0. The lowest BCUT2D eigenvalue weighted by Crippen LogP contribution is -2.40. The zero-order chi connectivity index (χ0) is 14.3. The lowest BCUT2D eigenvalue weighted by atomic mass is 9.98. The fourth-order valence-corrected chi connectivity index (χ4v) is 2.32. The molecule has 0 spiro atoms. The van der Waals surface area contributed by atoms with Crippen molar-refractivity contribution in [2.45, 2.75) is 45.3 Å². The predicted octanol–water partition coefficient (Wildman–Crippen LogP) is 0.798. The van der Waals surface area contributed by atoms with E-state index in [2.05, 4.69) is 5.32 Å². The fourth-order valence-electron chi connectivity index (χ4n) is 2.32. The highest BCUT2D eigenvalue weighted by Crippen LogP contribution is 2.23. The third-order valence-corrected chi connectivity index (χ3v) is 3.26. The second kappa shape index (κ2) is 8.12. The maximum atomic E-state index is 12.0. The van der Waals surface area contributed by atoms with Crippen molar-refractivity contribution in [3.63, 3.8) is 0 Å². The highest BCUT2D eigenvalue weighted by molar-refractivity contribution is 5.79. The van der Waals surface area contributed by atoms with Crippen LogP contribution in [0.15, 0.2) is 0 Å². The van der Waals surface area contributed by atoms with Gasteiger partial charge in [0.1, 0.15) is 0 Å². The molecule has 0 aromatic heterocycles. The molecule has 1 rings (SSSR count). The van der Waals surface area contributed by atoms with Crippen LogP contribution in [-0.4, -0.2) is 48.9 Å². The number of rotatable bonds is 8. The molecule has 2 N–H and O–H groups in total. The van der Waals surface area contributed by atoms with Gasteiger partial charge >= 0.3 is 5.97 Å². The van der Waals surface area contributed by atoms with Crippen molar-refractivity contribution in [2.75, 3.05) is 19.8 Å². The molecule has 0 aromatic rings. The number of carbonyl (C=O) groups excluding carboxylic acids is 1. The number of hydrogen-bond donors (Lipinski definition) is 2. The Morgan fingerprint density at radius 1 is 1.47 bits per heavy atom. The topological polar surface area (TPSA) is 84.9 Å². The Bertz CT molecular complexity index is 307. The molecule has 0 aliphatic carbocycles. The van der Waals surface area contributed by atoms with Gasteiger partial charge in [-0.05, 0) is 19.8 Å². The molecule has 0 bridgehead atoms. The number of hydrogen-bond acceptors (Lipinski definition) is 4. The zero-order valence-electron chi connectivity index (χ0n) is 11.6. The number of nitrogens with one attached hydrogen (secondary N) is 1. The molecule has 1 amide bonds. The number of amides is 1. The minimum Gasteiger partial charge on any atom is -0.481 e. The van der Waals surface area contributed by atoms with Crippen LogP contribution in [0.1, 0.15) is 33.1 Å². The Hall–Kier alpha value is -1.14. The molecule has 3 unspecified atom stereocenters. The van der Waals surface area contributed by atoms with Gasteiger partial charge in [-0.15, -0.1) is 0 Å². The molecular formula is C13H23NO5. The number of aliphatic carboxylic acids is 1. The van der Waals surface area contributed by atoms with E-state index in [0.717, 1.165) is 12.8 Å². The van der Waals surface area contributed by atoms with Crippen LogP contribution in [-0.2, 0) is 19.1 Å². The molecule has 110 valence electrons. The minimum atomic E-state index is -0.927. The number of carboxylic acid groups (broad SMARTS) is 1. The summed E-state index contributed by atoms with van der Waals surface area (Å²) in [6.45, 7) is 5.06. The van der Waals surface area contributed by atoms with Crippen LogP contribution in [0, 0.1) is 5.92 Å². The van der Waals surface area contributed by atoms with Crippen molar-refractivity contribution >= 4 is 11.9 Å². The summed E-state index contributed by atoms with van der Waals surface area (Å²) in [4.78, 5) is 22.7. The quantitative estimate of drug-likeness (QED) is 0.683. The summed E-state index contributed by atoms with van der Waals surface area (Å²) >= 11 is 0. The van der Waals surface area contributed by atoms with Crippen LogP contribution < -0.4 is 5.32 Å². The lowest BCUT2D eigenvalue weighted by Gasteiger charge is -2.19. The van der Waals surface area contributed by atoms with Gasteiger partial charge in [-0.3, -0.25) is 9.59 Å². The van der Waals surface area contributed by atoms with E-state index in [-0.39, 0.29) is 30.9 Å². The minimum absolute atomic E-state index is 0.0231. The van der Waals surface area contributed by atoms with Crippen LogP contribution in [0.25, 0.3) is 0 Å². The lowest BCUT2D eigenvalue weighted by molar-refractivity contribution is -0.140. The number of carboxylic acids is 1.